The third-order valence-corrected chi connectivity index (χ3v) is 15.1. The van der Waals surface area contributed by atoms with E-state index in [9.17, 15) is 14.4 Å². The summed E-state index contributed by atoms with van der Waals surface area (Å²) in [5, 5.41) is 7.37. The lowest BCUT2D eigenvalue weighted by molar-refractivity contribution is -0.475. The summed E-state index contributed by atoms with van der Waals surface area (Å²) in [5.41, 5.74) is 12.6. The highest BCUT2D eigenvalue weighted by Crippen LogP contribution is 2.40. The van der Waals surface area contributed by atoms with E-state index in [1.165, 1.54) is 11.8 Å². The smallest absolute Gasteiger partial charge is 0.234 e. The van der Waals surface area contributed by atoms with Crippen LogP contribution in [0.2, 0.25) is 5.02 Å². The molecule has 0 bridgehead atoms. The minimum atomic E-state index is -0.297. The molecule has 4 aliphatic heterocycles. The van der Waals surface area contributed by atoms with Gasteiger partial charge in [0.05, 0.1) is 28.4 Å². The van der Waals surface area contributed by atoms with Gasteiger partial charge in [-0.25, -0.2) is 15.0 Å². The molecule has 4 saturated heterocycles. The molecule has 8 rings (SSSR count). The Bertz CT molecular complexity index is 2000. The lowest BCUT2D eigenvalue weighted by Crippen LogP contribution is -2.73. The van der Waals surface area contributed by atoms with Crippen LogP contribution in [0.5, 0.6) is 0 Å². The molecule has 0 spiro atoms. The second-order valence-electron chi connectivity index (χ2n) is 18.0. The maximum Gasteiger partial charge on any atom is 0.234 e. The van der Waals surface area contributed by atoms with E-state index in [2.05, 4.69) is 57.8 Å². The van der Waals surface area contributed by atoms with Gasteiger partial charge in [0.1, 0.15) is 16.7 Å². The van der Waals surface area contributed by atoms with Crippen molar-refractivity contribution >= 4 is 64.2 Å². The largest absolute Gasteiger partial charge is 0.384 e. The topological polar surface area (TPSA) is 181 Å². The van der Waals surface area contributed by atoms with Crippen molar-refractivity contribution in [3.8, 4) is 0 Å². The second kappa shape index (κ2) is 18.8. The Labute approximate surface area is 362 Å². The molecular weight excluding hydrogens is 798 g/mol. The summed E-state index contributed by atoms with van der Waals surface area (Å²) >= 11 is 8.36. The normalized spacial score (nSPS) is 24.3. The van der Waals surface area contributed by atoms with Gasteiger partial charge >= 0.3 is 0 Å². The number of piperidine rings is 3. The van der Waals surface area contributed by atoms with Crippen LogP contribution in [0.25, 0.3) is 0 Å². The van der Waals surface area contributed by atoms with Gasteiger partial charge in [0.15, 0.2) is 5.82 Å². The number of carbonyl (C=O) groups excluding carboxylic acids is 3. The summed E-state index contributed by atoms with van der Waals surface area (Å²) in [6.45, 7) is 11.2. The summed E-state index contributed by atoms with van der Waals surface area (Å²) in [4.78, 5) is 61.8. The lowest BCUT2D eigenvalue weighted by Gasteiger charge is -2.40. The number of nitrogen functional groups attached to an aromatic ring is 1. The van der Waals surface area contributed by atoms with E-state index in [4.69, 9.17) is 17.3 Å². The average molecular weight is 860 g/mol. The standard InChI is InChI=1S/C44H60ClN11O3S/c1-44(47)14-19-55(20-15-44)37-27-50-42(40(46)51-37)60-35-4-2-3-34(39(35)45)49-26-29-5-7-31(8-6-29)43(59)56-23-21-53(22-24-56)28-30-12-17-54(18-13-30)36-25-32(11-16-48-36)33-9-10-38(57)52-41(33)58/h2-4,11,16,25,27,29-31,33,49H,5-10,12-15,17-24,26,28,47H2,1H3,(H2,46,51)(H,52,57,58)/p+1. The highest BCUT2D eigenvalue weighted by Gasteiger charge is 2.34. The van der Waals surface area contributed by atoms with Crippen LogP contribution in [0, 0.1) is 17.8 Å². The fourth-order valence-corrected chi connectivity index (χ4v) is 10.7. The predicted molar refractivity (Wildman–Crippen MR) is 236 cm³/mol. The van der Waals surface area contributed by atoms with Crippen LogP contribution in [-0.4, -0.2) is 113 Å². The van der Waals surface area contributed by atoms with Crippen molar-refractivity contribution in [2.45, 2.75) is 92.5 Å². The molecule has 60 heavy (non-hydrogen) atoms. The van der Waals surface area contributed by atoms with Gasteiger partial charge in [0, 0.05) is 102 Å². The number of nitrogens with one attached hydrogen (secondary N) is 2. The van der Waals surface area contributed by atoms with Crippen molar-refractivity contribution in [2.24, 2.45) is 17.8 Å². The number of anilines is 4. The minimum Gasteiger partial charge on any atom is -0.384 e. The van der Waals surface area contributed by atoms with Gasteiger partial charge in [-0.15, -0.1) is 0 Å². The highest BCUT2D eigenvalue weighted by molar-refractivity contribution is 7.99. The van der Waals surface area contributed by atoms with Crippen molar-refractivity contribution in [1.82, 2.24) is 30.1 Å². The molecule has 5 fully saturated rings. The molecule has 3 aromatic rings. The Morgan fingerprint density at radius 1 is 0.933 bits per heavy atom. The predicted octanol–water partition coefficient (Wildman–Crippen LogP) is 4.66. The Balaban J connectivity index is 0.735. The number of carbonyl (C=O) groups is 3. The number of aromatic nitrogens is 3. The Kier molecular flexibility index (Phi) is 13.3. The molecule has 14 nitrogen and oxygen atoms in total. The quantitative estimate of drug-likeness (QED) is 0.196. The van der Waals surface area contributed by atoms with Gasteiger partial charge in [-0.3, -0.25) is 24.6 Å². The van der Waals surface area contributed by atoms with E-state index in [0.29, 0.717) is 46.5 Å². The molecule has 3 amide bonds. The molecule has 5 aliphatic rings. The number of benzene rings is 1. The molecule has 1 unspecified atom stereocenters. The molecule has 16 heteroatoms. The molecular formula is C44H61ClN11O3S+. The van der Waals surface area contributed by atoms with Crippen molar-refractivity contribution in [3.63, 3.8) is 0 Å². The number of nitrogens with two attached hydrogens (primary N) is 1. The van der Waals surface area contributed by atoms with E-state index in [0.717, 1.165) is 145 Å². The van der Waals surface area contributed by atoms with Gasteiger partial charge in [-0.2, -0.15) is 0 Å². The molecule has 7 N–H and O–H groups in total. The van der Waals surface area contributed by atoms with Gasteiger partial charge < -0.3 is 31.5 Å². The molecule has 0 radical (unpaired) electrons. The maximum absolute atomic E-state index is 13.6. The minimum absolute atomic E-state index is 0.110. The molecule has 322 valence electrons. The van der Waals surface area contributed by atoms with Crippen LogP contribution < -0.4 is 31.9 Å². The maximum atomic E-state index is 13.6. The Hall–Kier alpha value is -4.18. The van der Waals surface area contributed by atoms with E-state index < -0.39 is 0 Å². The fourth-order valence-electron chi connectivity index (χ4n) is 9.54. The number of imide groups is 1. The molecule has 1 aromatic carbocycles. The van der Waals surface area contributed by atoms with Gasteiger partial charge in [-0.1, -0.05) is 29.4 Å². The number of hydrogen-bond acceptors (Lipinski definition) is 12. The SMILES string of the molecule is CC1([NH3+])CCN(c2cnc(Sc3cccc(NCC4CCC(C(=O)N5CCN(CC6CCN(c7cc(C8CCC(=O)NC8=O)ccn7)CC6)CC5)CC4)c3Cl)c(N)n2)CC1. The zero-order valence-corrected chi connectivity index (χ0v) is 36.5. The molecule has 6 heterocycles. The first kappa shape index (κ1) is 42.5. The van der Waals surface area contributed by atoms with Crippen LogP contribution in [0.3, 0.4) is 0 Å². The van der Waals surface area contributed by atoms with Crippen molar-refractivity contribution in [3.05, 3.63) is 53.3 Å². The number of quaternary nitrogens is 1. The van der Waals surface area contributed by atoms with Crippen LogP contribution in [0.1, 0.15) is 82.6 Å². The van der Waals surface area contributed by atoms with Crippen LogP contribution in [0.15, 0.2) is 52.6 Å². The highest BCUT2D eigenvalue weighted by atomic mass is 35.5. The van der Waals surface area contributed by atoms with E-state index in [1.54, 1.807) is 6.20 Å². The first-order chi connectivity index (χ1) is 29.0. The van der Waals surface area contributed by atoms with Crippen molar-refractivity contribution in [2.75, 3.05) is 86.3 Å². The van der Waals surface area contributed by atoms with Gasteiger partial charge in [-0.05, 0) is 93.5 Å². The molecule has 2 aromatic heterocycles. The summed E-state index contributed by atoms with van der Waals surface area (Å²) < 4.78 is 0. The first-order valence-corrected chi connectivity index (χ1v) is 23.2. The number of hydrogen-bond donors (Lipinski definition) is 4. The van der Waals surface area contributed by atoms with Crippen molar-refractivity contribution in [1.29, 1.82) is 0 Å². The van der Waals surface area contributed by atoms with Crippen LogP contribution >= 0.6 is 23.4 Å². The number of pyridine rings is 1. The average Bonchev–Trinajstić information content (AvgIpc) is 3.25. The first-order valence-electron chi connectivity index (χ1n) is 22.0. The molecule has 1 atom stereocenters. The zero-order chi connectivity index (χ0) is 41.8. The summed E-state index contributed by atoms with van der Waals surface area (Å²) in [5.74, 6) is 2.97. The molecule has 1 aliphatic carbocycles. The Morgan fingerprint density at radius 2 is 1.67 bits per heavy atom. The number of nitrogens with zero attached hydrogens (tertiary/aromatic N) is 7. The third kappa shape index (κ3) is 10.3. The third-order valence-electron chi connectivity index (χ3n) is 13.5. The second-order valence-corrected chi connectivity index (χ2v) is 19.5. The molecule has 1 saturated carbocycles. The fraction of sp³-hybridized carbons (Fsp3) is 0.591. The number of rotatable bonds is 11. The zero-order valence-electron chi connectivity index (χ0n) is 34.9. The van der Waals surface area contributed by atoms with E-state index in [1.807, 2.05) is 36.5 Å². The van der Waals surface area contributed by atoms with E-state index >= 15 is 0 Å². The number of halogens is 1. The van der Waals surface area contributed by atoms with Crippen molar-refractivity contribution < 1.29 is 20.1 Å². The monoisotopic (exact) mass is 858 g/mol. The number of amides is 3. The Morgan fingerprint density at radius 3 is 2.38 bits per heavy atom. The summed E-state index contributed by atoms with van der Waals surface area (Å²) in [6, 6.07) is 9.92. The number of piperazine rings is 1. The van der Waals surface area contributed by atoms with Gasteiger partial charge in [0.2, 0.25) is 17.7 Å². The summed E-state index contributed by atoms with van der Waals surface area (Å²) in [7, 11) is 0. The van der Waals surface area contributed by atoms with Crippen LogP contribution in [0.4, 0.5) is 23.1 Å². The summed E-state index contributed by atoms with van der Waals surface area (Å²) in [6.07, 6.45) is 12.6. The lowest BCUT2D eigenvalue weighted by atomic mass is 9.81. The van der Waals surface area contributed by atoms with Gasteiger partial charge in [0.25, 0.3) is 0 Å². The van der Waals surface area contributed by atoms with E-state index in [-0.39, 0.29) is 29.2 Å². The van der Waals surface area contributed by atoms with Crippen LogP contribution in [-0.2, 0) is 14.4 Å².